The van der Waals surface area contributed by atoms with E-state index in [1.807, 2.05) is 6.07 Å². The normalized spacial score (nSPS) is 28.9. The van der Waals surface area contributed by atoms with Crippen LogP contribution in [-0.4, -0.2) is 59.3 Å². The number of carbonyl (C=O) groups excluding carboxylic acids is 2. The van der Waals surface area contributed by atoms with Crippen LogP contribution in [0.3, 0.4) is 0 Å². The molecule has 8 heteroatoms. The number of aliphatic hydroxyl groups is 1. The number of carbonyl (C=O) groups is 2. The van der Waals surface area contributed by atoms with Gasteiger partial charge in [0, 0.05) is 19.0 Å². The summed E-state index contributed by atoms with van der Waals surface area (Å²) in [6, 6.07) is 8.42. The highest BCUT2D eigenvalue weighted by Crippen LogP contribution is 2.46. The van der Waals surface area contributed by atoms with E-state index in [4.69, 9.17) is 10.00 Å². The molecule has 1 saturated heterocycles. The van der Waals surface area contributed by atoms with Gasteiger partial charge in [-0.05, 0) is 43.5 Å². The Bertz CT molecular complexity index is 794. The lowest BCUT2D eigenvalue weighted by atomic mass is 9.92. The van der Waals surface area contributed by atoms with Crippen LogP contribution in [0.15, 0.2) is 24.3 Å². The maximum Gasteiger partial charge on any atom is 0.260 e. The number of alkyl halides is 1. The molecule has 150 valence electrons. The highest BCUT2D eigenvalue weighted by Gasteiger charge is 2.58. The lowest BCUT2D eigenvalue weighted by Crippen LogP contribution is -2.57. The molecule has 2 N–H and O–H groups in total. The zero-order valence-electron chi connectivity index (χ0n) is 15.8. The maximum atomic E-state index is 14.1. The molecule has 2 amide bonds. The van der Waals surface area contributed by atoms with Crippen LogP contribution in [-0.2, 0) is 9.59 Å². The number of nitrogens with one attached hydrogen (secondary N) is 1. The molecule has 1 heterocycles. The second-order valence-electron chi connectivity index (χ2n) is 7.72. The fraction of sp³-hybridized carbons (Fsp3) is 0.550. The van der Waals surface area contributed by atoms with Crippen LogP contribution in [0.1, 0.15) is 31.7 Å². The minimum absolute atomic E-state index is 0.0533. The Kier molecular flexibility index (Phi) is 5.57. The highest BCUT2D eigenvalue weighted by molar-refractivity contribution is 5.88. The molecule has 0 spiro atoms. The largest absolute Gasteiger partial charge is 0.484 e. The molecule has 1 aliphatic carbocycles. The first-order valence-electron chi connectivity index (χ1n) is 9.36. The summed E-state index contributed by atoms with van der Waals surface area (Å²) in [7, 11) is 0. The molecular weight excluding hydrogens is 365 g/mol. The first kappa shape index (κ1) is 20.1. The van der Waals surface area contributed by atoms with Crippen LogP contribution >= 0.6 is 0 Å². The van der Waals surface area contributed by atoms with E-state index < -0.39 is 17.2 Å². The number of amides is 2. The van der Waals surface area contributed by atoms with Gasteiger partial charge in [-0.1, -0.05) is 6.92 Å². The molecular formula is C20H24FN3O4. The molecule has 28 heavy (non-hydrogen) atoms. The summed E-state index contributed by atoms with van der Waals surface area (Å²) >= 11 is 0. The predicted molar refractivity (Wildman–Crippen MR) is 98.0 cm³/mol. The van der Waals surface area contributed by atoms with Gasteiger partial charge >= 0.3 is 0 Å². The van der Waals surface area contributed by atoms with E-state index in [-0.39, 0.29) is 37.9 Å². The minimum Gasteiger partial charge on any atom is -0.484 e. The molecule has 1 saturated carbocycles. The van der Waals surface area contributed by atoms with Gasteiger partial charge in [0.05, 0.1) is 23.8 Å². The molecule has 2 aliphatic rings. The number of nitriles is 1. The first-order valence-corrected chi connectivity index (χ1v) is 9.36. The smallest absolute Gasteiger partial charge is 0.260 e. The van der Waals surface area contributed by atoms with E-state index in [1.165, 1.54) is 4.90 Å². The van der Waals surface area contributed by atoms with Crippen molar-refractivity contribution in [3.63, 3.8) is 0 Å². The summed E-state index contributed by atoms with van der Waals surface area (Å²) in [4.78, 5) is 25.8. The third-order valence-electron chi connectivity index (χ3n) is 5.43. The highest BCUT2D eigenvalue weighted by atomic mass is 19.1. The van der Waals surface area contributed by atoms with E-state index >= 15 is 0 Å². The monoisotopic (exact) mass is 389 g/mol. The van der Waals surface area contributed by atoms with Crippen LogP contribution < -0.4 is 10.1 Å². The SMILES string of the molecule is C[C@@H]1C[C@@]1(F)C(=O)NCC1(O)CCCN(C(=O)COc2ccc(C#N)cc2)C1. The summed E-state index contributed by atoms with van der Waals surface area (Å²) < 4.78 is 19.5. The quantitative estimate of drug-likeness (QED) is 0.760. The number of nitrogens with zero attached hydrogens (tertiary/aromatic N) is 2. The maximum absolute atomic E-state index is 14.1. The Balaban J connectivity index is 1.49. The van der Waals surface area contributed by atoms with Crippen molar-refractivity contribution >= 4 is 11.8 Å². The number of likely N-dealkylation sites (tertiary alicyclic amines) is 1. The van der Waals surface area contributed by atoms with Gasteiger partial charge in [0.1, 0.15) is 5.75 Å². The van der Waals surface area contributed by atoms with Gasteiger partial charge < -0.3 is 20.1 Å². The Morgan fingerprint density at radius 2 is 2.11 bits per heavy atom. The van der Waals surface area contributed by atoms with Crippen molar-refractivity contribution in [3.8, 4) is 11.8 Å². The lowest BCUT2D eigenvalue weighted by molar-refractivity contribution is -0.141. The van der Waals surface area contributed by atoms with Gasteiger partial charge in [0.15, 0.2) is 12.3 Å². The molecule has 1 aliphatic heterocycles. The van der Waals surface area contributed by atoms with Crippen molar-refractivity contribution in [1.29, 1.82) is 5.26 Å². The molecule has 0 aromatic heterocycles. The lowest BCUT2D eigenvalue weighted by Gasteiger charge is -2.39. The van der Waals surface area contributed by atoms with E-state index in [1.54, 1.807) is 31.2 Å². The van der Waals surface area contributed by atoms with E-state index in [2.05, 4.69) is 5.32 Å². The van der Waals surface area contributed by atoms with Crippen molar-refractivity contribution < 1.29 is 23.8 Å². The standard InChI is InChI=1S/C20H24FN3O4/c1-14-9-20(14,21)18(26)23-12-19(27)7-2-8-24(13-19)17(25)11-28-16-5-3-15(10-22)4-6-16/h3-6,14,27H,2,7-9,11-13H2,1H3,(H,23,26)/t14-,19?,20+/m1/s1. The average molecular weight is 389 g/mol. The Labute approximate surface area is 163 Å². The fourth-order valence-corrected chi connectivity index (χ4v) is 3.43. The van der Waals surface area contributed by atoms with Crippen molar-refractivity contribution in [1.82, 2.24) is 10.2 Å². The molecule has 2 fully saturated rings. The number of hydrogen-bond acceptors (Lipinski definition) is 5. The van der Waals surface area contributed by atoms with Crippen molar-refractivity contribution in [2.24, 2.45) is 5.92 Å². The second-order valence-corrected chi connectivity index (χ2v) is 7.72. The van der Waals surface area contributed by atoms with Crippen molar-refractivity contribution in [3.05, 3.63) is 29.8 Å². The van der Waals surface area contributed by atoms with Gasteiger partial charge in [-0.25, -0.2) is 4.39 Å². The molecule has 0 radical (unpaired) electrons. The zero-order valence-corrected chi connectivity index (χ0v) is 15.8. The van der Waals surface area contributed by atoms with Gasteiger partial charge in [-0.2, -0.15) is 5.26 Å². The molecule has 1 unspecified atom stereocenters. The molecule has 1 aromatic rings. The van der Waals surface area contributed by atoms with Crippen molar-refractivity contribution in [2.45, 2.75) is 37.5 Å². The molecule has 1 aromatic carbocycles. The summed E-state index contributed by atoms with van der Waals surface area (Å²) in [5.41, 5.74) is -2.61. The van der Waals surface area contributed by atoms with E-state index in [9.17, 15) is 19.1 Å². The second kappa shape index (κ2) is 7.76. The predicted octanol–water partition coefficient (Wildman–Crippen LogP) is 1.15. The van der Waals surface area contributed by atoms with Gasteiger partial charge in [-0.3, -0.25) is 9.59 Å². The number of piperidine rings is 1. The zero-order chi connectivity index (χ0) is 20.4. The molecule has 3 rings (SSSR count). The van der Waals surface area contributed by atoms with Crippen LogP contribution in [0.4, 0.5) is 4.39 Å². The van der Waals surface area contributed by atoms with Gasteiger partial charge in [0.2, 0.25) is 0 Å². The van der Waals surface area contributed by atoms with Crippen LogP contribution in [0, 0.1) is 17.2 Å². The Morgan fingerprint density at radius 3 is 2.71 bits per heavy atom. The third kappa shape index (κ3) is 4.42. The number of hydrogen-bond donors (Lipinski definition) is 2. The van der Waals surface area contributed by atoms with E-state index in [0.29, 0.717) is 30.7 Å². The number of ether oxygens (including phenoxy) is 1. The van der Waals surface area contributed by atoms with Crippen LogP contribution in [0.25, 0.3) is 0 Å². The summed E-state index contributed by atoms with van der Waals surface area (Å²) in [5, 5.41) is 22.0. The number of β-amino-alcohol motifs (C(OH)–C–C–N with tert-alkyl or cyclic N) is 1. The Morgan fingerprint density at radius 1 is 1.43 bits per heavy atom. The van der Waals surface area contributed by atoms with E-state index in [0.717, 1.165) is 0 Å². The number of benzene rings is 1. The molecule has 7 nitrogen and oxygen atoms in total. The van der Waals surface area contributed by atoms with Gasteiger partial charge in [-0.15, -0.1) is 0 Å². The summed E-state index contributed by atoms with van der Waals surface area (Å²) in [6.07, 6.45) is 1.20. The Hall–Kier alpha value is -2.66. The minimum atomic E-state index is -1.82. The van der Waals surface area contributed by atoms with Crippen LogP contribution in [0.2, 0.25) is 0 Å². The molecule has 3 atom stereocenters. The molecule has 0 bridgehead atoms. The number of halogens is 1. The fourth-order valence-electron chi connectivity index (χ4n) is 3.43. The van der Waals surface area contributed by atoms with Crippen molar-refractivity contribution in [2.75, 3.05) is 26.2 Å². The average Bonchev–Trinajstić information content (AvgIpc) is 3.32. The topological polar surface area (TPSA) is 103 Å². The first-order chi connectivity index (χ1) is 13.3. The van der Waals surface area contributed by atoms with Gasteiger partial charge in [0.25, 0.3) is 11.8 Å². The third-order valence-corrected chi connectivity index (χ3v) is 5.43. The summed E-state index contributed by atoms with van der Waals surface area (Å²) in [5.74, 6) is -0.808. The summed E-state index contributed by atoms with van der Waals surface area (Å²) in [6.45, 7) is 1.92. The van der Waals surface area contributed by atoms with Crippen LogP contribution in [0.5, 0.6) is 5.75 Å². The number of rotatable bonds is 6.